The SMILES string of the molecule is Cc1ccc(C(C(=O)NC(C)(C)C)n2c(=O)c3c4ccccc4nn3c3ccccc32)cc1. The van der Waals surface area contributed by atoms with Crippen molar-refractivity contribution in [2.45, 2.75) is 39.3 Å². The number of carbonyl (C=O) groups is 1. The molecule has 2 heterocycles. The molecule has 0 bridgehead atoms. The zero-order valence-corrected chi connectivity index (χ0v) is 19.2. The van der Waals surface area contributed by atoms with Gasteiger partial charge in [0.1, 0.15) is 11.6 Å². The number of hydrogen-bond donors (Lipinski definition) is 1. The van der Waals surface area contributed by atoms with Crippen LogP contribution in [0.4, 0.5) is 0 Å². The lowest BCUT2D eigenvalue weighted by Crippen LogP contribution is -2.46. The molecule has 5 rings (SSSR count). The summed E-state index contributed by atoms with van der Waals surface area (Å²) in [6.45, 7) is 7.81. The highest BCUT2D eigenvalue weighted by Gasteiger charge is 2.30. The van der Waals surface area contributed by atoms with Crippen molar-refractivity contribution in [3.63, 3.8) is 0 Å². The van der Waals surface area contributed by atoms with E-state index in [1.54, 1.807) is 9.08 Å². The topological polar surface area (TPSA) is 68.4 Å². The third-order valence-corrected chi connectivity index (χ3v) is 5.77. The van der Waals surface area contributed by atoms with E-state index in [0.717, 1.165) is 27.5 Å². The number of aryl methyl sites for hydroxylation is 1. The first-order valence-corrected chi connectivity index (χ1v) is 11.0. The smallest absolute Gasteiger partial charge is 0.278 e. The molecular formula is C27H26N4O2. The molecule has 0 spiro atoms. The molecule has 1 N–H and O–H groups in total. The molecule has 5 aromatic rings. The van der Waals surface area contributed by atoms with Crippen LogP contribution in [0, 0.1) is 6.92 Å². The Bertz CT molecular complexity index is 1570. The summed E-state index contributed by atoms with van der Waals surface area (Å²) in [6, 6.07) is 22.1. The van der Waals surface area contributed by atoms with Gasteiger partial charge in [-0.25, -0.2) is 4.52 Å². The molecule has 6 heteroatoms. The lowest BCUT2D eigenvalue weighted by Gasteiger charge is -2.27. The fourth-order valence-electron chi connectivity index (χ4n) is 4.34. The molecular weight excluding hydrogens is 412 g/mol. The minimum absolute atomic E-state index is 0.230. The minimum atomic E-state index is -0.833. The Morgan fingerprint density at radius 1 is 0.909 bits per heavy atom. The molecule has 33 heavy (non-hydrogen) atoms. The molecule has 6 nitrogen and oxygen atoms in total. The van der Waals surface area contributed by atoms with Crippen molar-refractivity contribution in [1.29, 1.82) is 0 Å². The third-order valence-electron chi connectivity index (χ3n) is 5.77. The van der Waals surface area contributed by atoms with Gasteiger partial charge in [-0.3, -0.25) is 14.2 Å². The Kier molecular flexibility index (Phi) is 4.81. The summed E-state index contributed by atoms with van der Waals surface area (Å²) in [5.74, 6) is -0.230. The van der Waals surface area contributed by atoms with Gasteiger partial charge in [0, 0.05) is 10.9 Å². The summed E-state index contributed by atoms with van der Waals surface area (Å²) < 4.78 is 3.32. The van der Waals surface area contributed by atoms with Crippen molar-refractivity contribution >= 4 is 33.4 Å². The first-order valence-electron chi connectivity index (χ1n) is 11.0. The molecule has 166 valence electrons. The predicted octanol–water partition coefficient (Wildman–Crippen LogP) is 4.61. The standard InChI is InChI=1S/C27H26N4O2/c1-17-13-15-18(16-14-17)23(25(32)28-27(2,3)4)30-21-11-7-8-12-22(21)31-24(26(30)33)19-9-5-6-10-20(19)29-31/h5-16,23H,1-4H3,(H,28,32). The number of benzene rings is 3. The first kappa shape index (κ1) is 20.9. The van der Waals surface area contributed by atoms with Crippen LogP contribution in [0.2, 0.25) is 0 Å². The summed E-state index contributed by atoms with van der Waals surface area (Å²) in [5.41, 5.74) is 3.75. The summed E-state index contributed by atoms with van der Waals surface area (Å²) in [7, 11) is 0. The summed E-state index contributed by atoms with van der Waals surface area (Å²) in [6.07, 6.45) is 0. The maximum Gasteiger partial charge on any atom is 0.278 e. The largest absolute Gasteiger partial charge is 0.349 e. The average molecular weight is 439 g/mol. The third kappa shape index (κ3) is 3.57. The van der Waals surface area contributed by atoms with E-state index in [4.69, 9.17) is 5.10 Å². The van der Waals surface area contributed by atoms with E-state index in [2.05, 4.69) is 5.32 Å². The number of aromatic nitrogens is 3. The lowest BCUT2D eigenvalue weighted by atomic mass is 10.0. The van der Waals surface area contributed by atoms with Crippen LogP contribution >= 0.6 is 0 Å². The van der Waals surface area contributed by atoms with Crippen molar-refractivity contribution in [1.82, 2.24) is 19.5 Å². The summed E-state index contributed by atoms with van der Waals surface area (Å²) in [4.78, 5) is 27.8. The predicted molar refractivity (Wildman–Crippen MR) is 132 cm³/mol. The molecule has 0 aliphatic heterocycles. The van der Waals surface area contributed by atoms with Crippen LogP contribution < -0.4 is 10.9 Å². The van der Waals surface area contributed by atoms with Gasteiger partial charge in [-0.2, -0.15) is 5.10 Å². The van der Waals surface area contributed by atoms with E-state index in [1.807, 2.05) is 100 Å². The molecule has 0 fully saturated rings. The number of rotatable bonds is 3. The highest BCUT2D eigenvalue weighted by Crippen LogP contribution is 2.27. The van der Waals surface area contributed by atoms with Crippen molar-refractivity contribution in [2.75, 3.05) is 0 Å². The number of nitrogens with one attached hydrogen (secondary N) is 1. The van der Waals surface area contributed by atoms with E-state index in [9.17, 15) is 9.59 Å². The summed E-state index contributed by atoms with van der Waals surface area (Å²) in [5, 5.41) is 8.54. The molecule has 0 aliphatic rings. The van der Waals surface area contributed by atoms with Gasteiger partial charge < -0.3 is 5.32 Å². The molecule has 1 unspecified atom stereocenters. The van der Waals surface area contributed by atoms with Gasteiger partial charge in [-0.05, 0) is 51.5 Å². The fourth-order valence-corrected chi connectivity index (χ4v) is 4.34. The fraction of sp³-hybridized carbons (Fsp3) is 0.222. The van der Waals surface area contributed by atoms with Gasteiger partial charge in [-0.1, -0.05) is 60.2 Å². The molecule has 1 atom stereocenters. The van der Waals surface area contributed by atoms with Crippen LogP contribution in [-0.2, 0) is 4.79 Å². The molecule has 3 aromatic carbocycles. The van der Waals surface area contributed by atoms with Gasteiger partial charge >= 0.3 is 0 Å². The highest BCUT2D eigenvalue weighted by atomic mass is 16.2. The zero-order chi connectivity index (χ0) is 23.3. The van der Waals surface area contributed by atoms with Gasteiger partial charge in [0.05, 0.1) is 16.6 Å². The van der Waals surface area contributed by atoms with Crippen LogP contribution in [0.25, 0.3) is 27.5 Å². The van der Waals surface area contributed by atoms with Crippen molar-refractivity contribution in [3.8, 4) is 0 Å². The Labute approximate surface area is 191 Å². The molecule has 0 aliphatic carbocycles. The molecule has 0 saturated heterocycles. The van der Waals surface area contributed by atoms with E-state index >= 15 is 0 Å². The van der Waals surface area contributed by atoms with E-state index in [0.29, 0.717) is 11.0 Å². The highest BCUT2D eigenvalue weighted by molar-refractivity contribution is 5.97. The van der Waals surface area contributed by atoms with Crippen LogP contribution in [0.3, 0.4) is 0 Å². The average Bonchev–Trinajstić information content (AvgIpc) is 3.16. The zero-order valence-electron chi connectivity index (χ0n) is 19.2. The Hall–Kier alpha value is -3.93. The Balaban J connectivity index is 1.90. The quantitative estimate of drug-likeness (QED) is 0.447. The van der Waals surface area contributed by atoms with Gasteiger partial charge in [0.25, 0.3) is 5.56 Å². The van der Waals surface area contributed by atoms with E-state index in [1.165, 1.54) is 0 Å². The second-order valence-corrected chi connectivity index (χ2v) is 9.49. The number of amides is 1. The first-order chi connectivity index (χ1) is 15.7. The van der Waals surface area contributed by atoms with Crippen LogP contribution in [0.5, 0.6) is 0 Å². The molecule has 2 aromatic heterocycles. The van der Waals surface area contributed by atoms with Crippen LogP contribution in [0.15, 0.2) is 77.6 Å². The molecule has 0 radical (unpaired) electrons. The normalized spacial score (nSPS) is 13.0. The maximum absolute atomic E-state index is 14.1. The molecule has 1 amide bonds. The second-order valence-electron chi connectivity index (χ2n) is 9.49. The maximum atomic E-state index is 14.1. The minimum Gasteiger partial charge on any atom is -0.349 e. The van der Waals surface area contributed by atoms with Crippen LogP contribution in [-0.4, -0.2) is 25.6 Å². The summed E-state index contributed by atoms with van der Waals surface area (Å²) >= 11 is 0. The number of carbonyl (C=O) groups excluding carboxylic acids is 1. The second kappa shape index (κ2) is 7.59. The number of para-hydroxylation sites is 2. The Morgan fingerprint density at radius 3 is 2.24 bits per heavy atom. The van der Waals surface area contributed by atoms with Gasteiger partial charge in [-0.15, -0.1) is 0 Å². The van der Waals surface area contributed by atoms with Crippen molar-refractivity contribution in [3.05, 3.63) is 94.3 Å². The monoisotopic (exact) mass is 438 g/mol. The molecule has 0 saturated carbocycles. The number of nitrogens with zero attached hydrogens (tertiary/aromatic N) is 3. The Morgan fingerprint density at radius 2 is 1.55 bits per heavy atom. The van der Waals surface area contributed by atoms with Crippen LogP contribution in [0.1, 0.15) is 37.9 Å². The lowest BCUT2D eigenvalue weighted by molar-refractivity contribution is -0.124. The van der Waals surface area contributed by atoms with Gasteiger partial charge in [0.2, 0.25) is 5.91 Å². The number of hydrogen-bond acceptors (Lipinski definition) is 3. The van der Waals surface area contributed by atoms with E-state index in [-0.39, 0.29) is 11.5 Å². The van der Waals surface area contributed by atoms with Crippen molar-refractivity contribution < 1.29 is 4.79 Å². The number of fused-ring (bicyclic) bond motifs is 5. The van der Waals surface area contributed by atoms with E-state index < -0.39 is 11.6 Å². The van der Waals surface area contributed by atoms with Gasteiger partial charge in [0.15, 0.2) is 0 Å². The van der Waals surface area contributed by atoms with Crippen molar-refractivity contribution in [2.24, 2.45) is 0 Å².